The lowest BCUT2D eigenvalue weighted by Gasteiger charge is -2.40. The van der Waals surface area contributed by atoms with Crippen LogP contribution in [0.1, 0.15) is 52.3 Å². The number of fused-ring (bicyclic) bond motifs is 1. The summed E-state index contributed by atoms with van der Waals surface area (Å²) in [6.45, 7) is 8.13. The normalized spacial score (nSPS) is 24.9. The highest BCUT2D eigenvalue weighted by atomic mass is 35.5. The minimum atomic E-state index is -3.55. The number of rotatable bonds is 3. The van der Waals surface area contributed by atoms with Crippen LogP contribution in [0.15, 0.2) is 21.4 Å². The summed E-state index contributed by atoms with van der Waals surface area (Å²) in [5.41, 5.74) is 0.546. The van der Waals surface area contributed by atoms with Crippen LogP contribution < -0.4 is 0 Å². The van der Waals surface area contributed by atoms with Gasteiger partial charge in [0.1, 0.15) is 10.4 Å². The number of oxazole rings is 1. The Balaban J connectivity index is 1.69. The second-order valence-electron chi connectivity index (χ2n) is 8.53. The standard InChI is InChI=1S/C19H25ClN2O3S/c1-19(2,3)18-21-15-7-6-14(20)17(16(15)25-18)26(23,24)13-10-12(11-13)22-8-4-5-9-22/h6-7,12-13H,4-5,8-11H2,1-3H3. The van der Waals surface area contributed by atoms with Crippen LogP contribution in [0.5, 0.6) is 0 Å². The molecule has 0 N–H and O–H groups in total. The summed E-state index contributed by atoms with van der Waals surface area (Å²) in [6.07, 6.45) is 3.78. The zero-order valence-electron chi connectivity index (χ0n) is 15.5. The number of nitrogens with zero attached hydrogens (tertiary/aromatic N) is 2. The third-order valence-corrected chi connectivity index (χ3v) is 8.22. The Labute approximate surface area is 159 Å². The van der Waals surface area contributed by atoms with Crippen molar-refractivity contribution in [2.75, 3.05) is 13.1 Å². The lowest BCUT2D eigenvalue weighted by Crippen LogP contribution is -2.48. The van der Waals surface area contributed by atoms with E-state index in [9.17, 15) is 8.42 Å². The van der Waals surface area contributed by atoms with Gasteiger partial charge in [-0.2, -0.15) is 0 Å². The first kappa shape index (κ1) is 18.3. The van der Waals surface area contributed by atoms with Gasteiger partial charge in [0.15, 0.2) is 15.4 Å². The molecule has 1 saturated carbocycles. The molecule has 1 aliphatic carbocycles. The first-order chi connectivity index (χ1) is 12.2. The van der Waals surface area contributed by atoms with Crippen molar-refractivity contribution >= 4 is 32.5 Å². The van der Waals surface area contributed by atoms with Crippen LogP contribution in [0.25, 0.3) is 11.1 Å². The fourth-order valence-electron chi connectivity index (χ4n) is 3.89. The van der Waals surface area contributed by atoms with Crippen LogP contribution in [0.2, 0.25) is 5.02 Å². The summed E-state index contributed by atoms with van der Waals surface area (Å²) in [5.74, 6) is 0.523. The largest absolute Gasteiger partial charge is 0.439 e. The summed E-state index contributed by atoms with van der Waals surface area (Å²) in [7, 11) is -3.55. The number of halogens is 1. The van der Waals surface area contributed by atoms with Crippen molar-refractivity contribution in [1.82, 2.24) is 9.88 Å². The third kappa shape index (κ3) is 2.96. The molecule has 2 aliphatic rings. The molecule has 1 saturated heterocycles. The minimum absolute atomic E-state index is 0.115. The average Bonchev–Trinajstić information content (AvgIpc) is 3.13. The summed E-state index contributed by atoms with van der Waals surface area (Å²) >= 11 is 6.32. The number of hydrogen-bond acceptors (Lipinski definition) is 5. The number of benzene rings is 1. The second-order valence-corrected chi connectivity index (χ2v) is 11.1. The predicted molar refractivity (Wildman–Crippen MR) is 103 cm³/mol. The number of hydrogen-bond donors (Lipinski definition) is 0. The molecule has 2 heterocycles. The van der Waals surface area contributed by atoms with Crippen molar-refractivity contribution in [3.63, 3.8) is 0 Å². The van der Waals surface area contributed by atoms with E-state index in [0.717, 1.165) is 13.1 Å². The Hall–Kier alpha value is -1.11. The molecule has 1 aromatic heterocycles. The third-order valence-electron chi connectivity index (χ3n) is 5.56. The molecule has 142 valence electrons. The van der Waals surface area contributed by atoms with E-state index in [4.69, 9.17) is 16.0 Å². The molecule has 1 aromatic carbocycles. The maximum Gasteiger partial charge on any atom is 0.200 e. The minimum Gasteiger partial charge on any atom is -0.439 e. The van der Waals surface area contributed by atoms with Crippen LogP contribution >= 0.6 is 11.6 Å². The van der Waals surface area contributed by atoms with Crippen molar-refractivity contribution < 1.29 is 12.8 Å². The maximum absolute atomic E-state index is 13.3. The molecule has 7 heteroatoms. The van der Waals surface area contributed by atoms with Crippen molar-refractivity contribution in [3.05, 3.63) is 23.0 Å². The highest BCUT2D eigenvalue weighted by Gasteiger charge is 2.44. The van der Waals surface area contributed by atoms with Gasteiger partial charge in [-0.3, -0.25) is 0 Å². The van der Waals surface area contributed by atoms with Crippen LogP contribution in [0.3, 0.4) is 0 Å². The van der Waals surface area contributed by atoms with Crippen LogP contribution in [0, 0.1) is 0 Å². The van der Waals surface area contributed by atoms with Gasteiger partial charge in [0, 0.05) is 11.5 Å². The predicted octanol–water partition coefficient (Wildman–Crippen LogP) is 4.18. The molecule has 0 radical (unpaired) electrons. The van der Waals surface area contributed by atoms with Gasteiger partial charge >= 0.3 is 0 Å². The van der Waals surface area contributed by atoms with E-state index in [1.807, 2.05) is 20.8 Å². The molecule has 1 aliphatic heterocycles. The lowest BCUT2D eigenvalue weighted by molar-refractivity contribution is 0.161. The second kappa shape index (κ2) is 6.21. The molecule has 0 unspecified atom stereocenters. The fourth-order valence-corrected chi connectivity index (χ4v) is 6.39. The monoisotopic (exact) mass is 396 g/mol. The fraction of sp³-hybridized carbons (Fsp3) is 0.632. The first-order valence-corrected chi connectivity index (χ1v) is 11.2. The smallest absolute Gasteiger partial charge is 0.200 e. The van der Waals surface area contributed by atoms with Crippen LogP contribution in [0.4, 0.5) is 0 Å². The molecule has 0 spiro atoms. The number of sulfone groups is 1. The maximum atomic E-state index is 13.3. The Kier molecular flexibility index (Phi) is 4.36. The highest BCUT2D eigenvalue weighted by molar-refractivity contribution is 7.92. The molecule has 4 rings (SSSR count). The van der Waals surface area contributed by atoms with Crippen molar-refractivity contribution in [1.29, 1.82) is 0 Å². The van der Waals surface area contributed by atoms with Crippen molar-refractivity contribution in [2.45, 2.75) is 68.1 Å². The summed E-state index contributed by atoms with van der Waals surface area (Å²) in [5, 5.41) is -0.168. The molecule has 0 bridgehead atoms. The number of likely N-dealkylation sites (tertiary alicyclic amines) is 1. The Morgan fingerprint density at radius 1 is 1.19 bits per heavy atom. The summed E-state index contributed by atoms with van der Waals surface area (Å²) < 4.78 is 32.4. The topological polar surface area (TPSA) is 63.4 Å². The molecule has 5 nitrogen and oxygen atoms in total. The molecule has 0 atom stereocenters. The van der Waals surface area contributed by atoms with Crippen molar-refractivity contribution in [2.24, 2.45) is 0 Å². The van der Waals surface area contributed by atoms with Gasteiger partial charge in [-0.1, -0.05) is 32.4 Å². The van der Waals surface area contributed by atoms with Gasteiger partial charge in [0.05, 0.1) is 10.3 Å². The van der Waals surface area contributed by atoms with Crippen LogP contribution in [-0.4, -0.2) is 42.7 Å². The number of aromatic nitrogens is 1. The molecule has 2 aromatic rings. The molecule has 26 heavy (non-hydrogen) atoms. The van der Waals surface area contributed by atoms with E-state index in [2.05, 4.69) is 9.88 Å². The van der Waals surface area contributed by atoms with E-state index >= 15 is 0 Å². The Morgan fingerprint density at radius 3 is 2.46 bits per heavy atom. The Morgan fingerprint density at radius 2 is 1.85 bits per heavy atom. The quantitative estimate of drug-likeness (QED) is 0.778. The summed E-state index contributed by atoms with van der Waals surface area (Å²) in [6, 6.07) is 3.72. The average molecular weight is 397 g/mol. The van der Waals surface area contributed by atoms with E-state index < -0.39 is 9.84 Å². The van der Waals surface area contributed by atoms with E-state index in [-0.39, 0.29) is 20.6 Å². The SMILES string of the molecule is CC(C)(C)c1nc2ccc(Cl)c(S(=O)(=O)C3CC(N4CCCC4)C3)c2o1. The van der Waals surface area contributed by atoms with Crippen molar-refractivity contribution in [3.8, 4) is 0 Å². The van der Waals surface area contributed by atoms with E-state index in [0.29, 0.717) is 35.9 Å². The van der Waals surface area contributed by atoms with Gasteiger partial charge in [-0.05, 0) is 50.9 Å². The zero-order valence-corrected chi connectivity index (χ0v) is 17.0. The van der Waals surface area contributed by atoms with Gasteiger partial charge < -0.3 is 9.32 Å². The highest BCUT2D eigenvalue weighted by Crippen LogP contribution is 2.41. The van der Waals surface area contributed by atoms with E-state index in [1.54, 1.807) is 12.1 Å². The van der Waals surface area contributed by atoms with Gasteiger partial charge in [-0.15, -0.1) is 0 Å². The molecular weight excluding hydrogens is 372 g/mol. The van der Waals surface area contributed by atoms with Gasteiger partial charge in [-0.25, -0.2) is 13.4 Å². The van der Waals surface area contributed by atoms with Gasteiger partial charge in [0.2, 0.25) is 5.89 Å². The van der Waals surface area contributed by atoms with Crippen LogP contribution in [-0.2, 0) is 15.3 Å². The molecular formula is C19H25ClN2O3S. The summed E-state index contributed by atoms with van der Waals surface area (Å²) in [4.78, 5) is 7.01. The first-order valence-electron chi connectivity index (χ1n) is 9.25. The van der Waals surface area contributed by atoms with Gasteiger partial charge in [0.25, 0.3) is 0 Å². The molecule has 2 fully saturated rings. The Bertz CT molecular complexity index is 934. The van der Waals surface area contributed by atoms with E-state index in [1.165, 1.54) is 12.8 Å². The zero-order chi connectivity index (χ0) is 18.7. The lowest BCUT2D eigenvalue weighted by atomic mass is 9.91. The molecule has 0 amide bonds.